The van der Waals surface area contributed by atoms with Crippen LogP contribution in [0.1, 0.15) is 32.6 Å². The zero-order valence-electron chi connectivity index (χ0n) is 11.8. The highest BCUT2D eigenvalue weighted by molar-refractivity contribution is 4.88. The van der Waals surface area contributed by atoms with Gasteiger partial charge in [-0.1, -0.05) is 26.2 Å². The van der Waals surface area contributed by atoms with E-state index in [4.69, 9.17) is 14.6 Å². The lowest BCUT2D eigenvalue weighted by Gasteiger charge is -2.39. The van der Waals surface area contributed by atoms with Gasteiger partial charge in [0, 0.05) is 0 Å². The van der Waals surface area contributed by atoms with Gasteiger partial charge in [0.2, 0.25) is 0 Å². The fourth-order valence-corrected chi connectivity index (χ4v) is 2.12. The summed E-state index contributed by atoms with van der Waals surface area (Å²) in [5, 5.41) is 47.6. The Morgan fingerprint density at radius 2 is 1.80 bits per heavy atom. The summed E-state index contributed by atoms with van der Waals surface area (Å²) in [4.78, 5) is 0. The van der Waals surface area contributed by atoms with Crippen LogP contribution >= 0.6 is 0 Å². The molecule has 0 aromatic heterocycles. The summed E-state index contributed by atoms with van der Waals surface area (Å²) in [6.07, 6.45) is -3.56. The van der Waals surface area contributed by atoms with Crippen molar-refractivity contribution in [2.45, 2.75) is 69.4 Å². The molecule has 20 heavy (non-hydrogen) atoms. The maximum atomic E-state index is 9.72. The Morgan fingerprint density at radius 3 is 2.40 bits per heavy atom. The summed E-state index contributed by atoms with van der Waals surface area (Å²) < 4.78 is 10.4. The van der Waals surface area contributed by atoms with Crippen molar-refractivity contribution in [2.75, 3.05) is 13.2 Å². The summed E-state index contributed by atoms with van der Waals surface area (Å²) in [5.41, 5.74) is 0. The Bertz CT molecular complexity index is 261. The van der Waals surface area contributed by atoms with Gasteiger partial charge in [0.05, 0.1) is 19.3 Å². The van der Waals surface area contributed by atoms with E-state index in [1.165, 1.54) is 0 Å². The van der Waals surface area contributed by atoms with Gasteiger partial charge in [-0.2, -0.15) is 0 Å². The number of aliphatic hydroxyl groups excluding tert-OH is 5. The number of hydrogen-bond acceptors (Lipinski definition) is 7. The highest BCUT2D eigenvalue weighted by atomic mass is 16.7. The largest absolute Gasteiger partial charge is 0.394 e. The van der Waals surface area contributed by atoms with Crippen molar-refractivity contribution in [1.29, 1.82) is 0 Å². The van der Waals surface area contributed by atoms with E-state index in [-0.39, 0.29) is 6.61 Å². The van der Waals surface area contributed by atoms with E-state index in [2.05, 4.69) is 6.92 Å². The van der Waals surface area contributed by atoms with Crippen molar-refractivity contribution < 1.29 is 35.0 Å². The maximum absolute atomic E-state index is 9.72. The molecular weight excluding hydrogens is 268 g/mol. The molecule has 0 aliphatic carbocycles. The number of hydrogen-bond donors (Lipinski definition) is 5. The van der Waals surface area contributed by atoms with Crippen LogP contribution in [0.3, 0.4) is 0 Å². The van der Waals surface area contributed by atoms with Gasteiger partial charge in [-0.3, -0.25) is 0 Å². The molecule has 1 saturated heterocycles. The van der Waals surface area contributed by atoms with Crippen LogP contribution in [0.4, 0.5) is 0 Å². The summed E-state index contributed by atoms with van der Waals surface area (Å²) in [6.45, 7) is 1.53. The number of aliphatic hydroxyl groups is 5. The molecule has 7 heteroatoms. The number of rotatable bonds is 8. The topological polar surface area (TPSA) is 120 Å². The summed E-state index contributed by atoms with van der Waals surface area (Å²) in [5.74, 6) is 0. The summed E-state index contributed by atoms with van der Waals surface area (Å²) >= 11 is 0. The van der Waals surface area contributed by atoms with Crippen molar-refractivity contribution in [3.05, 3.63) is 0 Å². The van der Waals surface area contributed by atoms with Crippen LogP contribution in [-0.4, -0.2) is 75.6 Å². The van der Waals surface area contributed by atoms with Crippen molar-refractivity contribution in [2.24, 2.45) is 0 Å². The second-order valence-electron chi connectivity index (χ2n) is 5.18. The zero-order valence-corrected chi connectivity index (χ0v) is 11.8. The minimum absolute atomic E-state index is 0.0353. The number of ether oxygens (including phenoxy) is 2. The van der Waals surface area contributed by atoms with Gasteiger partial charge in [0.1, 0.15) is 24.4 Å². The smallest absolute Gasteiger partial charge is 0.186 e. The van der Waals surface area contributed by atoms with E-state index >= 15 is 0 Å². The normalized spacial score (nSPS) is 36.0. The molecule has 7 nitrogen and oxygen atoms in total. The van der Waals surface area contributed by atoms with Gasteiger partial charge >= 0.3 is 0 Å². The van der Waals surface area contributed by atoms with Gasteiger partial charge in [-0.15, -0.1) is 0 Å². The lowest BCUT2D eigenvalue weighted by atomic mass is 9.99. The molecule has 6 atom stereocenters. The van der Waals surface area contributed by atoms with Crippen LogP contribution < -0.4 is 0 Å². The Kier molecular flexibility index (Phi) is 7.90. The van der Waals surface area contributed by atoms with Crippen molar-refractivity contribution in [3.8, 4) is 0 Å². The Hall–Kier alpha value is -0.280. The predicted molar refractivity (Wildman–Crippen MR) is 69.9 cm³/mol. The Morgan fingerprint density at radius 1 is 1.10 bits per heavy atom. The SMILES string of the molecule is CCCCCC(O)CO[C@@H]1O[C@H](CO)[C@@H](O)[C@H](O)[C@H]1O. The Balaban J connectivity index is 2.38. The van der Waals surface area contributed by atoms with Crippen LogP contribution in [0.25, 0.3) is 0 Å². The summed E-state index contributed by atoms with van der Waals surface area (Å²) in [6, 6.07) is 0. The highest BCUT2D eigenvalue weighted by Crippen LogP contribution is 2.22. The molecule has 1 heterocycles. The fraction of sp³-hybridized carbons (Fsp3) is 1.00. The van der Waals surface area contributed by atoms with Gasteiger partial charge in [0.15, 0.2) is 6.29 Å². The van der Waals surface area contributed by atoms with Gasteiger partial charge in [0.25, 0.3) is 0 Å². The molecule has 0 radical (unpaired) electrons. The lowest BCUT2D eigenvalue weighted by Crippen LogP contribution is -2.59. The van der Waals surface area contributed by atoms with Crippen LogP contribution in [-0.2, 0) is 9.47 Å². The molecule has 0 amide bonds. The third-order valence-electron chi connectivity index (χ3n) is 3.44. The monoisotopic (exact) mass is 294 g/mol. The van der Waals surface area contributed by atoms with Gasteiger partial charge in [-0.25, -0.2) is 0 Å². The first-order chi connectivity index (χ1) is 9.51. The van der Waals surface area contributed by atoms with E-state index in [0.717, 1.165) is 19.3 Å². The van der Waals surface area contributed by atoms with E-state index < -0.39 is 43.4 Å². The highest BCUT2D eigenvalue weighted by Gasteiger charge is 2.44. The average molecular weight is 294 g/mol. The minimum atomic E-state index is -1.46. The van der Waals surface area contributed by atoms with Crippen molar-refractivity contribution >= 4 is 0 Å². The van der Waals surface area contributed by atoms with E-state index in [9.17, 15) is 20.4 Å². The van der Waals surface area contributed by atoms with E-state index in [1.54, 1.807) is 0 Å². The van der Waals surface area contributed by atoms with E-state index in [0.29, 0.717) is 6.42 Å². The first kappa shape index (κ1) is 17.8. The molecule has 1 fully saturated rings. The average Bonchev–Trinajstić information content (AvgIpc) is 2.44. The second kappa shape index (κ2) is 8.89. The molecule has 0 aromatic carbocycles. The molecule has 0 saturated carbocycles. The molecule has 120 valence electrons. The molecule has 0 aromatic rings. The molecule has 1 rings (SSSR count). The van der Waals surface area contributed by atoms with Crippen LogP contribution in [0.5, 0.6) is 0 Å². The minimum Gasteiger partial charge on any atom is -0.394 e. The molecule has 5 N–H and O–H groups in total. The third kappa shape index (κ3) is 4.92. The van der Waals surface area contributed by atoms with Crippen molar-refractivity contribution in [3.63, 3.8) is 0 Å². The van der Waals surface area contributed by atoms with Crippen molar-refractivity contribution in [1.82, 2.24) is 0 Å². The maximum Gasteiger partial charge on any atom is 0.186 e. The van der Waals surface area contributed by atoms with Crippen LogP contribution in [0.2, 0.25) is 0 Å². The molecule has 1 unspecified atom stereocenters. The number of unbranched alkanes of at least 4 members (excludes halogenated alkanes) is 2. The van der Waals surface area contributed by atoms with Crippen LogP contribution in [0.15, 0.2) is 0 Å². The second-order valence-corrected chi connectivity index (χ2v) is 5.18. The quantitative estimate of drug-likeness (QED) is 0.355. The molecule has 1 aliphatic rings. The fourth-order valence-electron chi connectivity index (χ4n) is 2.12. The molecule has 0 spiro atoms. The lowest BCUT2D eigenvalue weighted by molar-refractivity contribution is -0.304. The van der Waals surface area contributed by atoms with Gasteiger partial charge < -0.3 is 35.0 Å². The van der Waals surface area contributed by atoms with Gasteiger partial charge in [-0.05, 0) is 6.42 Å². The third-order valence-corrected chi connectivity index (χ3v) is 3.44. The molecular formula is C13H26O7. The summed E-state index contributed by atoms with van der Waals surface area (Å²) in [7, 11) is 0. The first-order valence-corrected chi connectivity index (χ1v) is 7.11. The Labute approximate surface area is 118 Å². The molecule has 1 aliphatic heterocycles. The van der Waals surface area contributed by atoms with E-state index in [1.807, 2.05) is 0 Å². The van der Waals surface area contributed by atoms with Crippen LogP contribution in [0, 0.1) is 0 Å². The zero-order chi connectivity index (χ0) is 15.1. The first-order valence-electron chi connectivity index (χ1n) is 7.11. The standard InChI is InChI=1S/C13H26O7/c1-2-3-4-5-8(15)7-19-13-12(18)11(17)10(16)9(6-14)20-13/h8-18H,2-7H2,1H3/t8?,9-,10-,11+,12-,13-/m1/s1. The predicted octanol–water partition coefficient (Wildman–Crippen LogP) is -1.26. The molecule has 0 bridgehead atoms.